The van der Waals surface area contributed by atoms with E-state index in [1.807, 2.05) is 24.3 Å². The van der Waals surface area contributed by atoms with Crippen molar-refractivity contribution in [3.63, 3.8) is 0 Å². The molecule has 1 atom stereocenters. The van der Waals surface area contributed by atoms with Gasteiger partial charge < -0.3 is 9.88 Å². The maximum atomic E-state index is 13.2. The Kier molecular flexibility index (Phi) is 4.51. The third kappa shape index (κ3) is 3.25. The molecule has 0 bridgehead atoms. The smallest absolute Gasteiger partial charge is 0.270 e. The van der Waals surface area contributed by atoms with Gasteiger partial charge in [-0.25, -0.2) is 8.42 Å². The molecule has 2 aromatic rings. The Morgan fingerprint density at radius 1 is 1.07 bits per heavy atom. The van der Waals surface area contributed by atoms with Crippen LogP contribution in [0.25, 0.3) is 0 Å². The molecule has 4 rings (SSSR count). The molecule has 0 aliphatic carbocycles. The molecule has 2 aliphatic heterocycles. The lowest BCUT2D eigenvalue weighted by molar-refractivity contribution is 0.0720. The predicted octanol–water partition coefficient (Wildman–Crippen LogP) is 1.37. The van der Waals surface area contributed by atoms with Crippen LogP contribution in [0.15, 0.2) is 47.3 Å². The molecule has 2 aliphatic rings. The minimum atomic E-state index is -3.56. The summed E-state index contributed by atoms with van der Waals surface area (Å²) in [6, 6.07) is 11.9. The van der Waals surface area contributed by atoms with Crippen LogP contribution in [0, 0.1) is 0 Å². The highest BCUT2D eigenvalue weighted by atomic mass is 32.2. The molecule has 142 valence electrons. The molecule has 1 aromatic carbocycles. The van der Waals surface area contributed by atoms with Crippen molar-refractivity contribution < 1.29 is 13.2 Å². The Morgan fingerprint density at radius 2 is 1.89 bits per heavy atom. The number of aromatic nitrogens is 1. The van der Waals surface area contributed by atoms with Gasteiger partial charge in [0.1, 0.15) is 5.69 Å². The van der Waals surface area contributed by atoms with E-state index in [-0.39, 0.29) is 23.7 Å². The molecule has 7 nitrogen and oxygen atoms in total. The zero-order chi connectivity index (χ0) is 19.0. The summed E-state index contributed by atoms with van der Waals surface area (Å²) in [5.74, 6) is -0.338. The minimum Gasteiger partial charge on any atom is -0.336 e. The van der Waals surface area contributed by atoms with Crippen LogP contribution >= 0.6 is 0 Å². The largest absolute Gasteiger partial charge is 0.336 e. The second kappa shape index (κ2) is 6.84. The molecule has 8 heteroatoms. The number of nitrogens with zero attached hydrogens (tertiary/aromatic N) is 2. The highest BCUT2D eigenvalue weighted by molar-refractivity contribution is 7.93. The van der Waals surface area contributed by atoms with Gasteiger partial charge in [-0.05, 0) is 37.0 Å². The summed E-state index contributed by atoms with van der Waals surface area (Å²) < 4.78 is 28.0. The number of para-hydroxylation sites is 1. The van der Waals surface area contributed by atoms with Gasteiger partial charge in [0.05, 0.1) is 10.9 Å². The van der Waals surface area contributed by atoms with Gasteiger partial charge in [-0.3, -0.25) is 13.9 Å². The van der Waals surface area contributed by atoms with Crippen LogP contribution in [0.1, 0.15) is 28.9 Å². The summed E-state index contributed by atoms with van der Waals surface area (Å²) in [6.45, 7) is 1.06. The number of amides is 1. The normalized spacial score (nSPS) is 19.8. The number of carbonyl (C=O) groups excluding carboxylic acids is 1. The molecule has 0 saturated carbocycles. The highest BCUT2D eigenvalue weighted by Gasteiger charge is 2.39. The third-order valence-corrected chi connectivity index (χ3v) is 7.46. The Hall–Kier alpha value is -2.61. The average Bonchev–Trinajstić information content (AvgIpc) is 3.12. The fourth-order valence-electron chi connectivity index (χ4n) is 3.86. The van der Waals surface area contributed by atoms with Crippen LogP contribution in [0.3, 0.4) is 0 Å². The molecule has 1 saturated heterocycles. The van der Waals surface area contributed by atoms with Crippen molar-refractivity contribution in [2.24, 2.45) is 0 Å². The number of hydrogen-bond donors (Lipinski definition) is 1. The van der Waals surface area contributed by atoms with E-state index in [4.69, 9.17) is 0 Å². The number of carbonyl (C=O) groups is 1. The van der Waals surface area contributed by atoms with Crippen LogP contribution in [0.2, 0.25) is 0 Å². The van der Waals surface area contributed by atoms with E-state index in [1.165, 1.54) is 21.3 Å². The molecule has 0 radical (unpaired) electrons. The summed E-state index contributed by atoms with van der Waals surface area (Å²) in [7, 11) is -3.56. The number of piperidine rings is 1. The first-order valence-corrected chi connectivity index (χ1v) is 10.6. The molecule has 27 heavy (non-hydrogen) atoms. The van der Waals surface area contributed by atoms with E-state index >= 15 is 0 Å². The molecule has 1 amide bonds. The average molecular weight is 387 g/mol. The first-order chi connectivity index (χ1) is 13.0. The molecule has 1 fully saturated rings. The number of sulfonamides is 1. The van der Waals surface area contributed by atoms with Gasteiger partial charge in [0.25, 0.3) is 5.91 Å². The SMILES string of the molecule is O=C(c1cccc(=O)[nH]1)N1CCCC(S(=O)(=O)N2CCc3ccccc32)C1. The molecule has 0 spiro atoms. The maximum Gasteiger partial charge on any atom is 0.270 e. The van der Waals surface area contributed by atoms with Gasteiger partial charge in [-0.15, -0.1) is 0 Å². The topological polar surface area (TPSA) is 90.5 Å². The van der Waals surface area contributed by atoms with Crippen LogP contribution < -0.4 is 9.86 Å². The number of benzene rings is 1. The van der Waals surface area contributed by atoms with Gasteiger partial charge in [0.2, 0.25) is 15.6 Å². The van der Waals surface area contributed by atoms with E-state index in [2.05, 4.69) is 4.98 Å². The number of H-pyrrole nitrogens is 1. The number of pyridine rings is 1. The number of likely N-dealkylation sites (tertiary alicyclic amines) is 1. The summed E-state index contributed by atoms with van der Waals surface area (Å²) in [4.78, 5) is 28.2. The first kappa shape index (κ1) is 17.8. The zero-order valence-electron chi connectivity index (χ0n) is 14.8. The predicted molar refractivity (Wildman–Crippen MR) is 102 cm³/mol. The van der Waals surface area contributed by atoms with Crippen LogP contribution in [-0.4, -0.2) is 49.1 Å². The lowest BCUT2D eigenvalue weighted by atomic mass is 10.1. The van der Waals surface area contributed by atoms with Crippen LogP contribution in [0.5, 0.6) is 0 Å². The van der Waals surface area contributed by atoms with E-state index in [0.29, 0.717) is 32.4 Å². The summed E-state index contributed by atoms with van der Waals surface area (Å²) in [5, 5.41) is -0.642. The van der Waals surface area contributed by atoms with Crippen molar-refractivity contribution in [1.82, 2.24) is 9.88 Å². The standard InChI is InChI=1S/C19H21N3O4S/c23-18-9-3-7-16(20-18)19(24)21-11-4-6-15(13-21)27(25,26)22-12-10-14-5-1-2-8-17(14)22/h1-3,5,7-9,15H,4,6,10-13H2,(H,20,23). The Bertz CT molecular complexity index is 1030. The van der Waals surface area contributed by atoms with Crippen LogP contribution in [-0.2, 0) is 16.4 Å². The van der Waals surface area contributed by atoms with Gasteiger partial charge in [0.15, 0.2) is 0 Å². The fraction of sp³-hybridized carbons (Fsp3) is 0.368. The fourth-order valence-corrected chi connectivity index (χ4v) is 5.85. The lowest BCUT2D eigenvalue weighted by Crippen LogP contribution is -2.49. The zero-order valence-corrected chi connectivity index (χ0v) is 15.6. The molecule has 1 unspecified atom stereocenters. The Balaban J connectivity index is 1.56. The van der Waals surface area contributed by atoms with Gasteiger partial charge >= 0.3 is 0 Å². The summed E-state index contributed by atoms with van der Waals surface area (Å²) >= 11 is 0. The van der Waals surface area contributed by atoms with Crippen molar-refractivity contribution in [3.8, 4) is 0 Å². The number of hydrogen-bond acceptors (Lipinski definition) is 4. The monoisotopic (exact) mass is 387 g/mol. The number of anilines is 1. The summed E-state index contributed by atoms with van der Waals surface area (Å²) in [5.41, 5.74) is 1.61. The van der Waals surface area contributed by atoms with Crippen molar-refractivity contribution in [2.75, 3.05) is 23.9 Å². The molecule has 1 N–H and O–H groups in total. The minimum absolute atomic E-state index is 0.136. The Labute approximate surface area is 157 Å². The number of nitrogens with one attached hydrogen (secondary N) is 1. The molecular weight excluding hydrogens is 366 g/mol. The second-order valence-electron chi connectivity index (χ2n) is 6.94. The van der Waals surface area contributed by atoms with Crippen LogP contribution in [0.4, 0.5) is 5.69 Å². The van der Waals surface area contributed by atoms with Crippen molar-refractivity contribution in [1.29, 1.82) is 0 Å². The maximum absolute atomic E-state index is 13.2. The van der Waals surface area contributed by atoms with Crippen molar-refractivity contribution in [2.45, 2.75) is 24.5 Å². The van der Waals surface area contributed by atoms with Gasteiger partial charge in [0, 0.05) is 25.7 Å². The summed E-state index contributed by atoms with van der Waals surface area (Å²) in [6.07, 6.45) is 1.84. The lowest BCUT2D eigenvalue weighted by Gasteiger charge is -2.34. The van der Waals surface area contributed by atoms with E-state index < -0.39 is 15.3 Å². The van der Waals surface area contributed by atoms with Crippen molar-refractivity contribution >= 4 is 21.6 Å². The number of rotatable bonds is 3. The molecular formula is C19H21N3O4S. The van der Waals surface area contributed by atoms with E-state index in [0.717, 1.165) is 11.3 Å². The van der Waals surface area contributed by atoms with E-state index in [1.54, 1.807) is 6.07 Å². The number of fused-ring (bicyclic) bond motifs is 1. The second-order valence-corrected chi connectivity index (χ2v) is 9.08. The third-order valence-electron chi connectivity index (χ3n) is 5.24. The quantitative estimate of drug-likeness (QED) is 0.861. The van der Waals surface area contributed by atoms with E-state index in [9.17, 15) is 18.0 Å². The highest BCUT2D eigenvalue weighted by Crippen LogP contribution is 2.33. The molecule has 3 heterocycles. The number of aromatic amines is 1. The Morgan fingerprint density at radius 3 is 2.70 bits per heavy atom. The van der Waals surface area contributed by atoms with Gasteiger partial charge in [-0.1, -0.05) is 24.3 Å². The first-order valence-electron chi connectivity index (χ1n) is 9.05. The van der Waals surface area contributed by atoms with Crippen molar-refractivity contribution in [3.05, 3.63) is 64.1 Å². The molecule has 1 aromatic heterocycles. The van der Waals surface area contributed by atoms with Gasteiger partial charge in [-0.2, -0.15) is 0 Å².